The molecule has 1 aliphatic rings. The van der Waals surface area contributed by atoms with Crippen LogP contribution in [0.1, 0.15) is 24.0 Å². The molecule has 1 aliphatic heterocycles. The van der Waals surface area contributed by atoms with Crippen molar-refractivity contribution in [2.24, 2.45) is 0 Å². The summed E-state index contributed by atoms with van der Waals surface area (Å²) in [7, 11) is 3.34. The maximum atomic E-state index is 5.93. The summed E-state index contributed by atoms with van der Waals surface area (Å²) in [6.07, 6.45) is 4.42. The monoisotopic (exact) mass is 392 g/mol. The molecule has 1 atom stereocenters. The first kappa shape index (κ1) is 19.7. The Hall–Kier alpha value is -2.63. The van der Waals surface area contributed by atoms with E-state index >= 15 is 0 Å². The van der Waals surface area contributed by atoms with Crippen LogP contribution in [0.15, 0.2) is 54.7 Å². The van der Waals surface area contributed by atoms with E-state index in [1.165, 1.54) is 16.5 Å². The van der Waals surface area contributed by atoms with Gasteiger partial charge in [-0.1, -0.05) is 30.3 Å². The summed E-state index contributed by atoms with van der Waals surface area (Å²) >= 11 is 0. The van der Waals surface area contributed by atoms with Gasteiger partial charge in [0.2, 0.25) is 0 Å². The minimum atomic E-state index is 0.290. The quantitative estimate of drug-likeness (QED) is 0.567. The van der Waals surface area contributed by atoms with E-state index in [0.29, 0.717) is 0 Å². The van der Waals surface area contributed by atoms with E-state index in [9.17, 15) is 0 Å². The molecule has 0 aliphatic carbocycles. The van der Waals surface area contributed by atoms with Crippen LogP contribution in [-0.4, -0.2) is 43.4 Å². The van der Waals surface area contributed by atoms with E-state index in [-0.39, 0.29) is 6.10 Å². The van der Waals surface area contributed by atoms with Crippen LogP contribution in [0.5, 0.6) is 11.5 Å². The fraction of sp³-hybridized carbons (Fsp3) is 0.375. The highest BCUT2D eigenvalue weighted by Gasteiger charge is 2.21. The van der Waals surface area contributed by atoms with E-state index < -0.39 is 0 Å². The number of methoxy groups -OCH3 is 2. The lowest BCUT2D eigenvalue weighted by Crippen LogP contribution is -2.31. The summed E-state index contributed by atoms with van der Waals surface area (Å²) in [4.78, 5) is 7.07. The summed E-state index contributed by atoms with van der Waals surface area (Å²) in [6.45, 7) is 3.40. The van der Waals surface area contributed by atoms with Crippen molar-refractivity contribution in [2.75, 3.05) is 27.4 Å². The molecular formula is C24H28N2O3. The van der Waals surface area contributed by atoms with E-state index in [0.717, 1.165) is 56.1 Å². The van der Waals surface area contributed by atoms with Crippen molar-refractivity contribution in [3.8, 4) is 11.5 Å². The first-order valence-corrected chi connectivity index (χ1v) is 10.1. The highest BCUT2D eigenvalue weighted by molar-refractivity contribution is 5.81. The minimum Gasteiger partial charge on any atom is -0.493 e. The molecule has 5 heteroatoms. The highest BCUT2D eigenvalue weighted by Crippen LogP contribution is 2.29. The number of benzene rings is 2. The number of fused-ring (bicyclic) bond motifs is 1. The average molecular weight is 392 g/mol. The lowest BCUT2D eigenvalue weighted by Gasteiger charge is -2.26. The molecule has 0 spiro atoms. The van der Waals surface area contributed by atoms with Gasteiger partial charge in [-0.2, -0.15) is 0 Å². The van der Waals surface area contributed by atoms with Crippen molar-refractivity contribution in [1.82, 2.24) is 9.88 Å². The first-order chi connectivity index (χ1) is 14.3. The standard InChI is InChI=1S/C24H28N2O3/c1-27-22-11-10-18(14-23(22)28-2)15-26(17-21-9-5-13-29-21)16-20-7-3-6-19-8-4-12-25-24(19)20/h3-4,6-8,10-12,14,21H,5,9,13,15-17H2,1-2H3. The normalized spacial score (nSPS) is 16.4. The second-order valence-electron chi connectivity index (χ2n) is 7.49. The molecule has 152 valence electrons. The lowest BCUT2D eigenvalue weighted by molar-refractivity contribution is 0.0680. The van der Waals surface area contributed by atoms with Crippen molar-refractivity contribution in [1.29, 1.82) is 0 Å². The number of para-hydroxylation sites is 1. The third kappa shape index (κ3) is 4.69. The van der Waals surface area contributed by atoms with Crippen molar-refractivity contribution in [3.63, 3.8) is 0 Å². The predicted molar refractivity (Wildman–Crippen MR) is 114 cm³/mol. The molecule has 2 aromatic carbocycles. The Kier molecular flexibility index (Phi) is 6.27. The van der Waals surface area contributed by atoms with Crippen LogP contribution in [0.25, 0.3) is 10.9 Å². The molecule has 0 N–H and O–H groups in total. The van der Waals surface area contributed by atoms with Gasteiger partial charge in [-0.05, 0) is 42.2 Å². The van der Waals surface area contributed by atoms with Gasteiger partial charge in [0.15, 0.2) is 11.5 Å². The second-order valence-corrected chi connectivity index (χ2v) is 7.49. The Morgan fingerprint density at radius 1 is 1.03 bits per heavy atom. The van der Waals surface area contributed by atoms with Gasteiger partial charge in [-0.15, -0.1) is 0 Å². The van der Waals surface area contributed by atoms with E-state index in [4.69, 9.17) is 14.2 Å². The smallest absolute Gasteiger partial charge is 0.161 e. The molecule has 2 heterocycles. The van der Waals surface area contributed by atoms with Gasteiger partial charge in [0.05, 0.1) is 25.8 Å². The van der Waals surface area contributed by atoms with Crippen molar-refractivity contribution >= 4 is 10.9 Å². The average Bonchev–Trinajstić information content (AvgIpc) is 3.27. The van der Waals surface area contributed by atoms with Gasteiger partial charge in [0.1, 0.15) is 0 Å². The first-order valence-electron chi connectivity index (χ1n) is 10.1. The third-order valence-corrected chi connectivity index (χ3v) is 5.45. The Balaban J connectivity index is 1.59. The molecule has 0 amide bonds. The minimum absolute atomic E-state index is 0.290. The Bertz CT molecular complexity index is 949. The van der Waals surface area contributed by atoms with Gasteiger partial charge in [0, 0.05) is 37.8 Å². The van der Waals surface area contributed by atoms with Crippen molar-refractivity contribution < 1.29 is 14.2 Å². The van der Waals surface area contributed by atoms with E-state index in [2.05, 4.69) is 46.3 Å². The second kappa shape index (κ2) is 9.25. The van der Waals surface area contributed by atoms with Crippen LogP contribution in [0, 0.1) is 0 Å². The van der Waals surface area contributed by atoms with Crippen molar-refractivity contribution in [2.45, 2.75) is 32.0 Å². The van der Waals surface area contributed by atoms with Gasteiger partial charge in [-0.3, -0.25) is 9.88 Å². The van der Waals surface area contributed by atoms with Gasteiger partial charge in [0.25, 0.3) is 0 Å². The largest absolute Gasteiger partial charge is 0.493 e. The molecular weight excluding hydrogens is 364 g/mol. The van der Waals surface area contributed by atoms with Crippen LogP contribution in [0.4, 0.5) is 0 Å². The maximum absolute atomic E-state index is 5.93. The fourth-order valence-electron chi connectivity index (χ4n) is 4.03. The molecule has 0 bridgehead atoms. The number of nitrogens with zero attached hydrogens (tertiary/aromatic N) is 2. The number of ether oxygens (including phenoxy) is 3. The molecule has 5 nitrogen and oxygen atoms in total. The summed E-state index contributed by atoms with van der Waals surface area (Å²) < 4.78 is 16.8. The highest BCUT2D eigenvalue weighted by atomic mass is 16.5. The van der Waals surface area contributed by atoms with Crippen molar-refractivity contribution in [3.05, 3.63) is 65.9 Å². The Morgan fingerprint density at radius 2 is 1.90 bits per heavy atom. The summed E-state index contributed by atoms with van der Waals surface area (Å²) in [5, 5.41) is 1.17. The Labute approximate surface area is 172 Å². The topological polar surface area (TPSA) is 43.8 Å². The zero-order valence-corrected chi connectivity index (χ0v) is 17.1. The summed E-state index contributed by atoms with van der Waals surface area (Å²) in [5.41, 5.74) is 3.50. The molecule has 4 rings (SSSR count). The van der Waals surface area contributed by atoms with Gasteiger partial charge in [-0.25, -0.2) is 0 Å². The summed E-state index contributed by atoms with van der Waals surface area (Å²) in [5.74, 6) is 1.51. The molecule has 1 aromatic heterocycles. The molecule has 1 saturated heterocycles. The Morgan fingerprint density at radius 3 is 2.69 bits per heavy atom. The van der Waals surface area contributed by atoms with Crippen LogP contribution in [-0.2, 0) is 17.8 Å². The zero-order chi connectivity index (χ0) is 20.1. The maximum Gasteiger partial charge on any atom is 0.161 e. The predicted octanol–water partition coefficient (Wildman–Crippen LogP) is 4.43. The van der Waals surface area contributed by atoms with Gasteiger partial charge >= 0.3 is 0 Å². The number of hydrogen-bond donors (Lipinski definition) is 0. The number of hydrogen-bond acceptors (Lipinski definition) is 5. The SMILES string of the molecule is COc1ccc(CN(Cc2cccc3cccnc23)CC2CCCO2)cc1OC. The fourth-order valence-corrected chi connectivity index (χ4v) is 4.03. The molecule has 0 radical (unpaired) electrons. The third-order valence-electron chi connectivity index (χ3n) is 5.45. The van der Waals surface area contributed by atoms with Gasteiger partial charge < -0.3 is 14.2 Å². The summed E-state index contributed by atoms with van der Waals surface area (Å²) in [6, 6.07) is 16.6. The van der Waals surface area contributed by atoms with Crippen LogP contribution in [0.3, 0.4) is 0 Å². The lowest BCUT2D eigenvalue weighted by atomic mass is 10.1. The van der Waals surface area contributed by atoms with Crippen LogP contribution < -0.4 is 9.47 Å². The molecule has 1 unspecified atom stereocenters. The molecule has 29 heavy (non-hydrogen) atoms. The number of rotatable bonds is 8. The van der Waals surface area contributed by atoms with E-state index in [1.807, 2.05) is 18.3 Å². The van der Waals surface area contributed by atoms with E-state index in [1.54, 1.807) is 14.2 Å². The number of aromatic nitrogens is 1. The van der Waals surface area contributed by atoms with Crippen LogP contribution in [0.2, 0.25) is 0 Å². The molecule has 3 aromatic rings. The molecule has 0 saturated carbocycles. The van der Waals surface area contributed by atoms with Crippen LogP contribution >= 0.6 is 0 Å². The number of pyridine rings is 1. The zero-order valence-electron chi connectivity index (χ0n) is 17.1. The molecule has 1 fully saturated rings.